The van der Waals surface area contributed by atoms with E-state index in [-0.39, 0.29) is 0 Å². The van der Waals surface area contributed by atoms with Gasteiger partial charge in [0.1, 0.15) is 0 Å². The van der Waals surface area contributed by atoms with Gasteiger partial charge in [0.2, 0.25) is 0 Å². The SMILES string of the molecule is Cc1ccnnc1N(Cc1ccccc1)c1ccccc1. The van der Waals surface area contributed by atoms with E-state index >= 15 is 0 Å². The number of anilines is 2. The first-order valence-corrected chi connectivity index (χ1v) is 6.99. The predicted octanol–water partition coefficient (Wildman–Crippen LogP) is 4.12. The van der Waals surface area contributed by atoms with Crippen molar-refractivity contribution in [2.45, 2.75) is 13.5 Å². The molecule has 0 aliphatic rings. The van der Waals surface area contributed by atoms with Gasteiger partial charge in [-0.25, -0.2) is 0 Å². The molecule has 0 N–H and O–H groups in total. The summed E-state index contributed by atoms with van der Waals surface area (Å²) >= 11 is 0. The first-order chi connectivity index (χ1) is 10.3. The summed E-state index contributed by atoms with van der Waals surface area (Å²) in [7, 11) is 0. The summed E-state index contributed by atoms with van der Waals surface area (Å²) in [5.74, 6) is 0.896. The summed E-state index contributed by atoms with van der Waals surface area (Å²) in [4.78, 5) is 2.19. The monoisotopic (exact) mass is 275 g/mol. The average Bonchev–Trinajstić information content (AvgIpc) is 2.55. The van der Waals surface area contributed by atoms with Gasteiger partial charge in [-0.05, 0) is 36.2 Å². The van der Waals surface area contributed by atoms with Gasteiger partial charge in [-0.1, -0.05) is 48.5 Å². The molecule has 0 saturated carbocycles. The van der Waals surface area contributed by atoms with E-state index in [2.05, 4.69) is 58.4 Å². The van der Waals surface area contributed by atoms with Crippen LogP contribution in [0.2, 0.25) is 0 Å². The summed E-state index contributed by atoms with van der Waals surface area (Å²) in [5, 5.41) is 8.37. The van der Waals surface area contributed by atoms with Crippen molar-refractivity contribution in [3.63, 3.8) is 0 Å². The van der Waals surface area contributed by atoms with E-state index in [1.165, 1.54) is 5.56 Å². The Balaban J connectivity index is 2.02. The first-order valence-electron chi connectivity index (χ1n) is 6.99. The van der Waals surface area contributed by atoms with Crippen molar-refractivity contribution >= 4 is 11.5 Å². The molecule has 0 atom stereocenters. The van der Waals surface area contributed by atoms with Crippen LogP contribution in [0.25, 0.3) is 0 Å². The number of nitrogens with zero attached hydrogens (tertiary/aromatic N) is 3. The highest BCUT2D eigenvalue weighted by atomic mass is 15.3. The topological polar surface area (TPSA) is 29.0 Å². The lowest BCUT2D eigenvalue weighted by atomic mass is 10.1. The molecule has 0 aliphatic carbocycles. The van der Waals surface area contributed by atoms with E-state index in [1.807, 2.05) is 30.3 Å². The molecule has 0 radical (unpaired) electrons. The Kier molecular flexibility index (Phi) is 3.92. The number of rotatable bonds is 4. The van der Waals surface area contributed by atoms with Crippen LogP contribution in [0.5, 0.6) is 0 Å². The van der Waals surface area contributed by atoms with Gasteiger partial charge < -0.3 is 4.90 Å². The normalized spacial score (nSPS) is 10.3. The largest absolute Gasteiger partial charge is 0.320 e. The molecule has 0 amide bonds. The molecule has 0 fully saturated rings. The third-order valence-electron chi connectivity index (χ3n) is 3.40. The smallest absolute Gasteiger partial charge is 0.158 e. The highest BCUT2D eigenvalue weighted by Crippen LogP contribution is 2.27. The fraction of sp³-hybridized carbons (Fsp3) is 0.111. The Bertz CT molecular complexity index is 696. The van der Waals surface area contributed by atoms with Crippen molar-refractivity contribution in [2.24, 2.45) is 0 Å². The van der Waals surface area contributed by atoms with E-state index in [1.54, 1.807) is 6.20 Å². The molecule has 0 unspecified atom stereocenters. The Hall–Kier alpha value is -2.68. The molecule has 0 bridgehead atoms. The minimum absolute atomic E-state index is 0.768. The zero-order valence-electron chi connectivity index (χ0n) is 12.0. The van der Waals surface area contributed by atoms with Crippen molar-refractivity contribution in [1.82, 2.24) is 10.2 Å². The lowest BCUT2D eigenvalue weighted by Crippen LogP contribution is -2.19. The Morgan fingerprint density at radius 2 is 1.52 bits per heavy atom. The molecule has 0 saturated heterocycles. The average molecular weight is 275 g/mol. The molecule has 3 heteroatoms. The van der Waals surface area contributed by atoms with E-state index in [0.29, 0.717) is 0 Å². The molecule has 1 aromatic heterocycles. The second kappa shape index (κ2) is 6.18. The molecule has 2 aromatic carbocycles. The molecule has 1 heterocycles. The molecule has 3 nitrogen and oxygen atoms in total. The number of hydrogen-bond acceptors (Lipinski definition) is 3. The number of benzene rings is 2. The van der Waals surface area contributed by atoms with Crippen molar-refractivity contribution < 1.29 is 0 Å². The van der Waals surface area contributed by atoms with Crippen LogP contribution in [0.3, 0.4) is 0 Å². The van der Waals surface area contributed by atoms with Gasteiger partial charge in [-0.15, -0.1) is 5.10 Å². The molecule has 0 spiro atoms. The second-order valence-electron chi connectivity index (χ2n) is 4.95. The molecule has 3 rings (SSSR count). The summed E-state index contributed by atoms with van der Waals surface area (Å²) in [5.41, 5.74) is 3.47. The number of aryl methyl sites for hydroxylation is 1. The van der Waals surface area contributed by atoms with Crippen LogP contribution in [-0.2, 0) is 6.54 Å². The molecule has 3 aromatic rings. The van der Waals surface area contributed by atoms with Crippen LogP contribution < -0.4 is 4.90 Å². The van der Waals surface area contributed by atoms with Gasteiger partial charge in [0.25, 0.3) is 0 Å². The quantitative estimate of drug-likeness (QED) is 0.717. The Labute approximate surface area is 124 Å². The van der Waals surface area contributed by atoms with Crippen molar-refractivity contribution in [2.75, 3.05) is 4.90 Å². The lowest BCUT2D eigenvalue weighted by Gasteiger charge is -2.24. The van der Waals surface area contributed by atoms with E-state index < -0.39 is 0 Å². The molecular weight excluding hydrogens is 258 g/mol. The molecular formula is C18H17N3. The van der Waals surface area contributed by atoms with Crippen LogP contribution in [-0.4, -0.2) is 10.2 Å². The van der Waals surface area contributed by atoms with Gasteiger partial charge in [0.05, 0.1) is 6.20 Å². The van der Waals surface area contributed by atoms with Crippen LogP contribution in [0, 0.1) is 6.92 Å². The summed E-state index contributed by atoms with van der Waals surface area (Å²) < 4.78 is 0. The third-order valence-corrected chi connectivity index (χ3v) is 3.40. The Morgan fingerprint density at radius 1 is 0.857 bits per heavy atom. The number of hydrogen-bond donors (Lipinski definition) is 0. The molecule has 0 aliphatic heterocycles. The maximum Gasteiger partial charge on any atom is 0.158 e. The minimum Gasteiger partial charge on any atom is -0.320 e. The van der Waals surface area contributed by atoms with Crippen molar-refractivity contribution in [3.05, 3.63) is 84.1 Å². The van der Waals surface area contributed by atoms with Crippen LogP contribution in [0.4, 0.5) is 11.5 Å². The van der Waals surface area contributed by atoms with Crippen LogP contribution >= 0.6 is 0 Å². The lowest BCUT2D eigenvalue weighted by molar-refractivity contribution is 0.894. The van der Waals surface area contributed by atoms with Gasteiger partial charge >= 0.3 is 0 Å². The van der Waals surface area contributed by atoms with Crippen LogP contribution in [0.1, 0.15) is 11.1 Å². The van der Waals surface area contributed by atoms with Gasteiger partial charge in [0.15, 0.2) is 5.82 Å². The second-order valence-corrected chi connectivity index (χ2v) is 4.95. The molecule has 104 valence electrons. The first kappa shape index (κ1) is 13.3. The molecule has 21 heavy (non-hydrogen) atoms. The highest BCUT2D eigenvalue weighted by molar-refractivity contribution is 5.62. The summed E-state index contributed by atoms with van der Waals surface area (Å²) in [6, 6.07) is 22.7. The zero-order valence-corrected chi connectivity index (χ0v) is 12.0. The zero-order chi connectivity index (χ0) is 14.5. The van der Waals surface area contributed by atoms with Crippen molar-refractivity contribution in [1.29, 1.82) is 0 Å². The summed E-state index contributed by atoms with van der Waals surface area (Å²) in [6.45, 7) is 2.83. The highest BCUT2D eigenvalue weighted by Gasteiger charge is 2.13. The third kappa shape index (κ3) is 3.08. The Morgan fingerprint density at radius 3 is 2.19 bits per heavy atom. The number of aromatic nitrogens is 2. The number of para-hydroxylation sites is 1. The predicted molar refractivity (Wildman–Crippen MR) is 85.5 cm³/mol. The summed E-state index contributed by atoms with van der Waals surface area (Å²) in [6.07, 6.45) is 1.73. The minimum atomic E-state index is 0.768. The fourth-order valence-corrected chi connectivity index (χ4v) is 2.32. The van der Waals surface area contributed by atoms with E-state index in [4.69, 9.17) is 0 Å². The van der Waals surface area contributed by atoms with Gasteiger partial charge in [-0.3, -0.25) is 0 Å². The van der Waals surface area contributed by atoms with Gasteiger partial charge in [0, 0.05) is 12.2 Å². The fourth-order valence-electron chi connectivity index (χ4n) is 2.32. The standard InChI is InChI=1S/C18H17N3/c1-15-12-13-19-20-18(15)21(17-10-6-3-7-11-17)14-16-8-4-2-5-9-16/h2-13H,14H2,1H3. The van der Waals surface area contributed by atoms with Crippen LogP contribution in [0.15, 0.2) is 72.9 Å². The maximum atomic E-state index is 4.33. The maximum absolute atomic E-state index is 4.33. The van der Waals surface area contributed by atoms with E-state index in [9.17, 15) is 0 Å². The van der Waals surface area contributed by atoms with Gasteiger partial charge in [-0.2, -0.15) is 5.10 Å². The van der Waals surface area contributed by atoms with E-state index in [0.717, 1.165) is 23.6 Å². The van der Waals surface area contributed by atoms with Crippen molar-refractivity contribution in [3.8, 4) is 0 Å².